The fraction of sp³-hybridized carbons (Fsp3) is 0.0435. The minimum Gasteiger partial charge on any atom is -0.495 e. The molecule has 4 rings (SSSR count). The molecule has 0 aliphatic heterocycles. The van der Waals surface area contributed by atoms with Crippen molar-refractivity contribution in [1.82, 2.24) is 4.98 Å². The number of carbonyl (C=O) groups excluding carboxylic acids is 1. The van der Waals surface area contributed by atoms with Crippen molar-refractivity contribution < 1.29 is 9.53 Å². The molecule has 0 spiro atoms. The molecule has 4 aromatic rings. The average Bonchev–Trinajstić information content (AvgIpc) is 3.16. The first-order valence-electron chi connectivity index (χ1n) is 9.01. The molecule has 7 heteroatoms. The summed E-state index contributed by atoms with van der Waals surface area (Å²) in [5.41, 5.74) is 3.20. The molecule has 0 saturated heterocycles. The van der Waals surface area contributed by atoms with Crippen LogP contribution in [0, 0.1) is 0 Å². The lowest BCUT2D eigenvalue weighted by Crippen LogP contribution is -2.07. The summed E-state index contributed by atoms with van der Waals surface area (Å²) in [4.78, 5) is 17.1. The highest BCUT2D eigenvalue weighted by atomic mass is 35.5. The zero-order chi connectivity index (χ0) is 21.1. The molecular formula is C23H16Cl2N2O2S. The molecular weight excluding hydrogens is 439 g/mol. The summed E-state index contributed by atoms with van der Waals surface area (Å²) in [6, 6.07) is 18.9. The molecule has 0 fully saturated rings. The number of anilines is 1. The molecule has 1 heterocycles. The van der Waals surface area contributed by atoms with Gasteiger partial charge in [-0.3, -0.25) is 4.79 Å². The van der Waals surface area contributed by atoms with Crippen molar-refractivity contribution in [1.29, 1.82) is 0 Å². The topological polar surface area (TPSA) is 51.2 Å². The summed E-state index contributed by atoms with van der Waals surface area (Å²) in [7, 11) is 1.51. The number of methoxy groups -OCH3 is 1. The van der Waals surface area contributed by atoms with Gasteiger partial charge < -0.3 is 10.1 Å². The second kappa shape index (κ2) is 8.88. The number of fused-ring (bicyclic) bond motifs is 1. The Morgan fingerprint density at radius 1 is 1.10 bits per heavy atom. The molecule has 1 N–H and O–H groups in total. The van der Waals surface area contributed by atoms with Crippen molar-refractivity contribution in [3.05, 3.63) is 82.3 Å². The maximum atomic E-state index is 12.4. The molecule has 30 heavy (non-hydrogen) atoms. The number of nitrogens with one attached hydrogen (secondary N) is 1. The summed E-state index contributed by atoms with van der Waals surface area (Å²) in [5, 5.41) is 4.62. The van der Waals surface area contributed by atoms with E-state index in [-0.39, 0.29) is 5.91 Å². The highest BCUT2D eigenvalue weighted by Crippen LogP contribution is 2.33. The number of hydrogen-bond donors (Lipinski definition) is 1. The van der Waals surface area contributed by atoms with Gasteiger partial charge in [-0.2, -0.15) is 0 Å². The lowest BCUT2D eigenvalue weighted by atomic mass is 10.1. The molecule has 0 radical (unpaired) electrons. The van der Waals surface area contributed by atoms with E-state index in [4.69, 9.17) is 27.9 Å². The van der Waals surface area contributed by atoms with Crippen LogP contribution < -0.4 is 10.1 Å². The number of ether oxygens (including phenoxy) is 1. The molecule has 3 aromatic carbocycles. The van der Waals surface area contributed by atoms with Crippen LogP contribution in [-0.2, 0) is 4.79 Å². The largest absolute Gasteiger partial charge is 0.495 e. The van der Waals surface area contributed by atoms with Crippen LogP contribution >= 0.6 is 34.5 Å². The average molecular weight is 455 g/mol. The van der Waals surface area contributed by atoms with Crippen molar-refractivity contribution in [2.75, 3.05) is 12.4 Å². The zero-order valence-corrected chi connectivity index (χ0v) is 18.2. The van der Waals surface area contributed by atoms with Crippen LogP contribution in [-0.4, -0.2) is 18.0 Å². The molecule has 0 unspecified atom stereocenters. The zero-order valence-electron chi connectivity index (χ0n) is 15.9. The maximum Gasteiger partial charge on any atom is 0.248 e. The fourth-order valence-electron chi connectivity index (χ4n) is 2.99. The Bertz CT molecular complexity index is 1230. The predicted octanol–water partition coefficient (Wildman–Crippen LogP) is 6.93. The number of rotatable bonds is 5. The quantitative estimate of drug-likeness (QED) is 0.332. The van der Waals surface area contributed by atoms with Gasteiger partial charge in [0, 0.05) is 27.9 Å². The van der Waals surface area contributed by atoms with Gasteiger partial charge in [-0.1, -0.05) is 47.5 Å². The lowest BCUT2D eigenvalue weighted by Gasteiger charge is -2.08. The third-order valence-electron chi connectivity index (χ3n) is 4.33. The molecule has 4 nitrogen and oxygen atoms in total. The normalized spacial score (nSPS) is 11.2. The summed E-state index contributed by atoms with van der Waals surface area (Å²) in [5.74, 6) is 0.178. The van der Waals surface area contributed by atoms with E-state index in [1.54, 1.807) is 29.5 Å². The summed E-state index contributed by atoms with van der Waals surface area (Å²) >= 11 is 13.8. The lowest BCUT2D eigenvalue weighted by molar-refractivity contribution is -0.111. The van der Waals surface area contributed by atoms with Crippen LogP contribution in [0.2, 0.25) is 10.0 Å². The number of halogens is 2. The molecule has 0 atom stereocenters. The second-order valence-electron chi connectivity index (χ2n) is 6.40. The third-order valence-corrected chi connectivity index (χ3v) is 5.91. The number of benzene rings is 3. The number of carbonyl (C=O) groups is 1. The third kappa shape index (κ3) is 4.49. The minimum atomic E-state index is -0.283. The summed E-state index contributed by atoms with van der Waals surface area (Å²) < 4.78 is 6.42. The summed E-state index contributed by atoms with van der Waals surface area (Å²) in [6.07, 6.45) is 3.03. The van der Waals surface area contributed by atoms with Gasteiger partial charge in [-0.15, -0.1) is 11.3 Å². The highest BCUT2D eigenvalue weighted by molar-refractivity contribution is 7.21. The molecule has 150 valence electrons. The Labute approximate surface area is 187 Å². The van der Waals surface area contributed by atoms with Crippen molar-refractivity contribution in [2.45, 2.75) is 0 Å². The Balaban J connectivity index is 1.53. The van der Waals surface area contributed by atoms with Gasteiger partial charge in [0.05, 0.1) is 22.3 Å². The predicted molar refractivity (Wildman–Crippen MR) is 126 cm³/mol. The summed E-state index contributed by atoms with van der Waals surface area (Å²) in [6.45, 7) is 0. The van der Waals surface area contributed by atoms with Crippen LogP contribution in [0.3, 0.4) is 0 Å². The molecule has 1 aromatic heterocycles. The van der Waals surface area contributed by atoms with Gasteiger partial charge >= 0.3 is 0 Å². The first-order chi connectivity index (χ1) is 14.5. The number of aromatic nitrogens is 1. The standard InChI is InChI=1S/C23H16Cl2N2O2S/c1-29-22-14(11-16(24)13-18(22)25)9-10-21(28)26-17-6-4-5-15(12-17)23-27-19-7-2-3-8-20(19)30-23/h2-13H,1H3,(H,26,28)/b10-9+. The monoisotopic (exact) mass is 454 g/mol. The van der Waals surface area contributed by atoms with E-state index >= 15 is 0 Å². The van der Waals surface area contributed by atoms with E-state index in [9.17, 15) is 4.79 Å². The molecule has 0 aliphatic carbocycles. The van der Waals surface area contributed by atoms with E-state index in [0.29, 0.717) is 27.0 Å². The first-order valence-corrected chi connectivity index (χ1v) is 10.6. The minimum absolute atomic E-state index is 0.283. The van der Waals surface area contributed by atoms with Crippen molar-refractivity contribution in [3.63, 3.8) is 0 Å². The highest BCUT2D eigenvalue weighted by Gasteiger charge is 2.09. The van der Waals surface area contributed by atoms with Gasteiger partial charge in [-0.05, 0) is 42.5 Å². The van der Waals surface area contributed by atoms with Gasteiger partial charge in [0.25, 0.3) is 0 Å². The Morgan fingerprint density at radius 3 is 2.73 bits per heavy atom. The van der Waals surface area contributed by atoms with Crippen molar-refractivity contribution in [2.24, 2.45) is 0 Å². The Morgan fingerprint density at radius 2 is 1.93 bits per heavy atom. The van der Waals surface area contributed by atoms with Gasteiger partial charge in [0.15, 0.2) is 0 Å². The second-order valence-corrected chi connectivity index (χ2v) is 8.27. The number of nitrogens with zero attached hydrogens (tertiary/aromatic N) is 1. The molecule has 1 amide bonds. The van der Waals surface area contributed by atoms with Crippen LogP contribution in [0.15, 0.2) is 66.7 Å². The van der Waals surface area contributed by atoms with Crippen LogP contribution in [0.25, 0.3) is 26.9 Å². The first kappa shape index (κ1) is 20.4. The van der Waals surface area contributed by atoms with E-state index in [1.165, 1.54) is 13.2 Å². The number of para-hydroxylation sites is 1. The number of thiazole rings is 1. The molecule has 0 aliphatic rings. The van der Waals surface area contributed by atoms with Crippen LogP contribution in [0.5, 0.6) is 5.75 Å². The number of hydrogen-bond acceptors (Lipinski definition) is 4. The maximum absolute atomic E-state index is 12.4. The van der Waals surface area contributed by atoms with Gasteiger partial charge in [-0.25, -0.2) is 4.98 Å². The van der Waals surface area contributed by atoms with Crippen LogP contribution in [0.1, 0.15) is 5.56 Å². The van der Waals surface area contributed by atoms with E-state index in [2.05, 4.69) is 10.3 Å². The fourth-order valence-corrected chi connectivity index (χ4v) is 4.54. The van der Waals surface area contributed by atoms with E-state index in [0.717, 1.165) is 20.8 Å². The van der Waals surface area contributed by atoms with Gasteiger partial charge in [0.1, 0.15) is 10.8 Å². The molecule has 0 saturated carbocycles. The smallest absolute Gasteiger partial charge is 0.248 e. The van der Waals surface area contributed by atoms with Crippen molar-refractivity contribution >= 4 is 62.4 Å². The van der Waals surface area contributed by atoms with Crippen LogP contribution in [0.4, 0.5) is 5.69 Å². The van der Waals surface area contributed by atoms with E-state index < -0.39 is 0 Å². The van der Waals surface area contributed by atoms with E-state index in [1.807, 2.05) is 48.5 Å². The Kier molecular flexibility index (Phi) is 6.04. The SMILES string of the molecule is COc1c(Cl)cc(Cl)cc1/C=C/C(=O)Nc1cccc(-c2nc3ccccc3s2)c1. The molecule has 0 bridgehead atoms. The number of amides is 1. The Hall–Kier alpha value is -2.86. The van der Waals surface area contributed by atoms with Gasteiger partial charge in [0.2, 0.25) is 5.91 Å². The van der Waals surface area contributed by atoms with Crippen molar-refractivity contribution in [3.8, 4) is 16.3 Å².